The first kappa shape index (κ1) is 14.4. The molecule has 0 amide bonds. The molecule has 0 aliphatic heterocycles. The molecule has 1 aromatic heterocycles. The summed E-state index contributed by atoms with van der Waals surface area (Å²) in [4.78, 5) is 4.05. The predicted octanol–water partition coefficient (Wildman–Crippen LogP) is 1.12. The molecule has 0 unspecified atom stereocenters. The van der Waals surface area contributed by atoms with Crippen LogP contribution in [-0.4, -0.2) is 35.3 Å². The Morgan fingerprint density at radius 3 is 2.94 bits per heavy atom. The van der Waals surface area contributed by atoms with Gasteiger partial charge in [-0.3, -0.25) is 4.98 Å². The van der Waals surface area contributed by atoms with Gasteiger partial charge in [0.1, 0.15) is 5.69 Å². The molecule has 18 heavy (non-hydrogen) atoms. The van der Waals surface area contributed by atoms with E-state index in [0.29, 0.717) is 25.5 Å². The third kappa shape index (κ3) is 4.68. The zero-order chi connectivity index (χ0) is 13.4. The summed E-state index contributed by atoms with van der Waals surface area (Å²) in [5, 5.41) is 11.6. The summed E-state index contributed by atoms with van der Waals surface area (Å²) in [5.74, 6) is -0.0207. The van der Waals surface area contributed by atoms with Gasteiger partial charge in [-0.2, -0.15) is 0 Å². The highest BCUT2D eigenvalue weighted by Crippen LogP contribution is 2.06. The molecule has 0 radical (unpaired) electrons. The number of rotatable bonds is 7. The molecule has 0 bridgehead atoms. The minimum absolute atomic E-state index is 0.0207. The van der Waals surface area contributed by atoms with Gasteiger partial charge in [0.2, 0.25) is 0 Å². The largest absolute Gasteiger partial charge is 0.409 e. The van der Waals surface area contributed by atoms with E-state index < -0.39 is 0 Å². The fraction of sp³-hybridized carbons (Fsp3) is 0.500. The van der Waals surface area contributed by atoms with Crippen molar-refractivity contribution in [3.8, 4) is 0 Å². The van der Waals surface area contributed by atoms with Crippen molar-refractivity contribution in [2.24, 2.45) is 10.9 Å². The molecule has 100 valence electrons. The molecule has 0 aliphatic rings. The number of aromatic nitrogens is 1. The maximum atomic E-state index is 8.65. The topological polar surface area (TPSA) is 90.0 Å². The van der Waals surface area contributed by atoms with E-state index in [4.69, 9.17) is 20.4 Å². The van der Waals surface area contributed by atoms with E-state index in [2.05, 4.69) is 10.1 Å². The standard InChI is InChI=1S/C12H19N3O3/c1-9(2)18-7-6-17-8-10-4-3-5-14-11(10)12(13)15-16/h3-5,9,16H,6-8H2,1-2H3,(H2,13,15). The van der Waals surface area contributed by atoms with Crippen LogP contribution in [0.25, 0.3) is 0 Å². The highest BCUT2D eigenvalue weighted by molar-refractivity contribution is 5.96. The fourth-order valence-electron chi connectivity index (χ4n) is 1.36. The van der Waals surface area contributed by atoms with Gasteiger partial charge in [-0.05, 0) is 19.9 Å². The molecule has 0 spiro atoms. The summed E-state index contributed by atoms with van der Waals surface area (Å²) in [5.41, 5.74) is 6.73. The van der Waals surface area contributed by atoms with Crippen LogP contribution in [0.15, 0.2) is 23.5 Å². The lowest BCUT2D eigenvalue weighted by atomic mass is 10.2. The second-order valence-corrected chi connectivity index (χ2v) is 3.97. The predicted molar refractivity (Wildman–Crippen MR) is 67.5 cm³/mol. The van der Waals surface area contributed by atoms with Crippen molar-refractivity contribution >= 4 is 5.84 Å². The van der Waals surface area contributed by atoms with Crippen LogP contribution in [0.3, 0.4) is 0 Å². The Morgan fingerprint density at radius 2 is 2.28 bits per heavy atom. The maximum Gasteiger partial charge on any atom is 0.189 e. The van der Waals surface area contributed by atoms with E-state index in [0.717, 1.165) is 5.56 Å². The first-order valence-corrected chi connectivity index (χ1v) is 5.76. The smallest absolute Gasteiger partial charge is 0.189 e. The molecule has 0 aromatic carbocycles. The van der Waals surface area contributed by atoms with Gasteiger partial charge in [-0.25, -0.2) is 0 Å². The van der Waals surface area contributed by atoms with E-state index in [-0.39, 0.29) is 11.9 Å². The van der Waals surface area contributed by atoms with Crippen molar-refractivity contribution in [3.05, 3.63) is 29.6 Å². The van der Waals surface area contributed by atoms with Crippen LogP contribution in [-0.2, 0) is 16.1 Å². The summed E-state index contributed by atoms with van der Waals surface area (Å²) >= 11 is 0. The molecule has 0 saturated heterocycles. The van der Waals surface area contributed by atoms with Gasteiger partial charge < -0.3 is 20.4 Å². The van der Waals surface area contributed by atoms with Crippen LogP contribution < -0.4 is 5.73 Å². The van der Waals surface area contributed by atoms with Gasteiger partial charge in [0.05, 0.1) is 25.9 Å². The lowest BCUT2D eigenvalue weighted by Crippen LogP contribution is -2.18. The second kappa shape index (κ2) is 7.62. The fourth-order valence-corrected chi connectivity index (χ4v) is 1.36. The van der Waals surface area contributed by atoms with Crippen LogP contribution in [0.1, 0.15) is 25.1 Å². The van der Waals surface area contributed by atoms with Crippen molar-refractivity contribution in [1.82, 2.24) is 4.98 Å². The Labute approximate surface area is 106 Å². The summed E-state index contributed by atoms with van der Waals surface area (Å²) < 4.78 is 10.8. The van der Waals surface area contributed by atoms with Crippen LogP contribution in [0, 0.1) is 0 Å². The van der Waals surface area contributed by atoms with Crippen LogP contribution in [0.4, 0.5) is 0 Å². The minimum Gasteiger partial charge on any atom is -0.409 e. The van der Waals surface area contributed by atoms with Crippen molar-refractivity contribution in [3.63, 3.8) is 0 Å². The highest BCUT2D eigenvalue weighted by atomic mass is 16.5. The molecule has 6 nitrogen and oxygen atoms in total. The van der Waals surface area contributed by atoms with Gasteiger partial charge in [0.25, 0.3) is 0 Å². The summed E-state index contributed by atoms with van der Waals surface area (Å²) in [6.07, 6.45) is 1.78. The van der Waals surface area contributed by atoms with Crippen molar-refractivity contribution in [2.75, 3.05) is 13.2 Å². The van der Waals surface area contributed by atoms with Crippen molar-refractivity contribution in [2.45, 2.75) is 26.6 Å². The molecule has 3 N–H and O–H groups in total. The molecular weight excluding hydrogens is 234 g/mol. The van der Waals surface area contributed by atoms with Crippen LogP contribution in [0.2, 0.25) is 0 Å². The average molecular weight is 253 g/mol. The Hall–Kier alpha value is -1.66. The summed E-state index contributed by atoms with van der Waals surface area (Å²) in [6, 6.07) is 3.60. The molecule has 0 aliphatic carbocycles. The number of hydrogen-bond donors (Lipinski definition) is 2. The quantitative estimate of drug-likeness (QED) is 0.250. The van der Waals surface area contributed by atoms with Gasteiger partial charge in [0, 0.05) is 11.8 Å². The van der Waals surface area contributed by atoms with E-state index in [1.807, 2.05) is 19.9 Å². The third-order valence-corrected chi connectivity index (χ3v) is 2.18. The number of nitrogens with two attached hydrogens (primary N) is 1. The molecule has 0 fully saturated rings. The highest BCUT2D eigenvalue weighted by Gasteiger charge is 2.07. The van der Waals surface area contributed by atoms with Gasteiger partial charge in [-0.1, -0.05) is 11.2 Å². The monoisotopic (exact) mass is 253 g/mol. The normalized spacial score (nSPS) is 12.1. The molecule has 1 heterocycles. The molecular formula is C12H19N3O3. The molecule has 1 rings (SSSR count). The Bertz CT molecular complexity index is 394. The molecule has 0 saturated carbocycles. The number of ether oxygens (including phenoxy) is 2. The first-order valence-electron chi connectivity index (χ1n) is 5.76. The Kier molecular flexibility index (Phi) is 6.10. The zero-order valence-corrected chi connectivity index (χ0v) is 10.7. The van der Waals surface area contributed by atoms with E-state index >= 15 is 0 Å². The first-order chi connectivity index (χ1) is 8.65. The average Bonchev–Trinajstić information content (AvgIpc) is 2.37. The molecule has 0 atom stereocenters. The maximum absolute atomic E-state index is 8.65. The van der Waals surface area contributed by atoms with E-state index in [1.165, 1.54) is 0 Å². The summed E-state index contributed by atoms with van der Waals surface area (Å²) in [7, 11) is 0. The molecule has 1 aromatic rings. The number of amidine groups is 1. The van der Waals surface area contributed by atoms with E-state index in [9.17, 15) is 0 Å². The number of hydrogen-bond acceptors (Lipinski definition) is 5. The lowest BCUT2D eigenvalue weighted by molar-refractivity contribution is 0.0142. The van der Waals surface area contributed by atoms with Crippen molar-refractivity contribution < 1.29 is 14.7 Å². The number of oxime groups is 1. The Morgan fingerprint density at radius 1 is 1.50 bits per heavy atom. The van der Waals surface area contributed by atoms with Gasteiger partial charge >= 0.3 is 0 Å². The lowest BCUT2D eigenvalue weighted by Gasteiger charge is -2.09. The van der Waals surface area contributed by atoms with Crippen molar-refractivity contribution in [1.29, 1.82) is 0 Å². The Balaban J connectivity index is 2.47. The number of nitrogens with zero attached hydrogens (tertiary/aromatic N) is 2. The van der Waals surface area contributed by atoms with E-state index in [1.54, 1.807) is 12.3 Å². The van der Waals surface area contributed by atoms with Crippen LogP contribution >= 0.6 is 0 Å². The number of pyridine rings is 1. The van der Waals surface area contributed by atoms with Crippen LogP contribution in [0.5, 0.6) is 0 Å². The second-order valence-electron chi connectivity index (χ2n) is 3.97. The minimum atomic E-state index is -0.0207. The van der Waals surface area contributed by atoms with Gasteiger partial charge in [-0.15, -0.1) is 0 Å². The van der Waals surface area contributed by atoms with Gasteiger partial charge in [0.15, 0.2) is 5.84 Å². The SMILES string of the molecule is CC(C)OCCOCc1cccnc1/C(N)=N/O. The molecule has 6 heteroatoms. The summed E-state index contributed by atoms with van der Waals surface area (Å²) in [6.45, 7) is 5.32. The zero-order valence-electron chi connectivity index (χ0n) is 10.7. The third-order valence-electron chi connectivity index (χ3n) is 2.18.